The Morgan fingerprint density at radius 1 is 1.38 bits per heavy atom. The van der Waals surface area contributed by atoms with E-state index in [1.807, 2.05) is 37.3 Å². The maximum absolute atomic E-state index is 12.7. The molecule has 1 amide bonds. The van der Waals surface area contributed by atoms with Gasteiger partial charge in [-0.3, -0.25) is 9.59 Å². The number of carbonyl (C=O) groups is 2. The number of hydrogen-bond acceptors (Lipinski definition) is 7. The number of nitrogens with zero attached hydrogens (tertiary/aromatic N) is 2. The molecule has 2 rings (SSSR count). The zero-order valence-electron chi connectivity index (χ0n) is 16.8. The third kappa shape index (κ3) is 6.54. The van der Waals surface area contributed by atoms with Gasteiger partial charge in [0.2, 0.25) is 5.91 Å². The summed E-state index contributed by atoms with van der Waals surface area (Å²) in [7, 11) is 1.66. The molecule has 1 aliphatic rings. The van der Waals surface area contributed by atoms with Gasteiger partial charge < -0.3 is 25.4 Å². The molecule has 1 fully saturated rings. The molecule has 3 N–H and O–H groups in total. The first-order valence-electron chi connectivity index (χ1n) is 9.65. The van der Waals surface area contributed by atoms with Gasteiger partial charge in [-0.15, -0.1) is 11.8 Å². The van der Waals surface area contributed by atoms with E-state index in [9.17, 15) is 9.59 Å². The molecule has 0 saturated carbocycles. The number of amides is 1. The van der Waals surface area contributed by atoms with Crippen LogP contribution in [0.4, 0.5) is 11.4 Å². The van der Waals surface area contributed by atoms with Crippen LogP contribution in [0.5, 0.6) is 0 Å². The summed E-state index contributed by atoms with van der Waals surface area (Å²) >= 11 is 1.46. The van der Waals surface area contributed by atoms with Crippen LogP contribution in [0.15, 0.2) is 24.3 Å². The van der Waals surface area contributed by atoms with Crippen molar-refractivity contribution in [1.82, 2.24) is 4.90 Å². The highest BCUT2D eigenvalue weighted by Crippen LogP contribution is 2.36. The molecule has 0 radical (unpaired) electrons. The van der Waals surface area contributed by atoms with Crippen LogP contribution in [-0.4, -0.2) is 65.9 Å². The summed E-state index contributed by atoms with van der Waals surface area (Å²) in [6, 6.07) is 9.72. The van der Waals surface area contributed by atoms with Crippen molar-refractivity contribution in [2.45, 2.75) is 30.4 Å². The molecule has 29 heavy (non-hydrogen) atoms. The fraction of sp³-hybridized carbons (Fsp3) is 0.550. The van der Waals surface area contributed by atoms with Crippen molar-refractivity contribution >= 4 is 35.0 Å². The molecule has 9 heteroatoms. The standard InChI is InChI=1S/C20H28N4O4S/c1-3-24-18(11-14(13-21)20(26)27)29-17(19(24)25)7-8-22-15-5-4-6-16(12-15)23-9-10-28-2/h4-6,12,14,17-18,22-23H,3,7-11H2,1-2H3,(H,26,27). The molecule has 1 aliphatic heterocycles. The van der Waals surface area contributed by atoms with Gasteiger partial charge in [-0.2, -0.15) is 5.26 Å². The predicted molar refractivity (Wildman–Crippen MR) is 114 cm³/mol. The van der Waals surface area contributed by atoms with Gasteiger partial charge in [-0.25, -0.2) is 0 Å². The summed E-state index contributed by atoms with van der Waals surface area (Å²) in [5.74, 6) is -2.22. The number of nitrogens with one attached hydrogen (secondary N) is 2. The van der Waals surface area contributed by atoms with Gasteiger partial charge in [0.1, 0.15) is 5.92 Å². The van der Waals surface area contributed by atoms with Gasteiger partial charge in [0.05, 0.1) is 23.3 Å². The van der Waals surface area contributed by atoms with Crippen LogP contribution >= 0.6 is 11.8 Å². The molecule has 3 atom stereocenters. The summed E-state index contributed by atoms with van der Waals surface area (Å²) < 4.78 is 5.03. The van der Waals surface area contributed by atoms with Gasteiger partial charge in [0, 0.05) is 44.5 Å². The smallest absolute Gasteiger partial charge is 0.321 e. The first-order valence-corrected chi connectivity index (χ1v) is 10.6. The normalized spacial score (nSPS) is 19.6. The Hall–Kier alpha value is -2.44. The lowest BCUT2D eigenvalue weighted by Crippen LogP contribution is -2.36. The first-order chi connectivity index (χ1) is 14.0. The number of carbonyl (C=O) groups excluding carboxylic acids is 1. The largest absolute Gasteiger partial charge is 0.480 e. The van der Waals surface area contributed by atoms with E-state index >= 15 is 0 Å². The Kier molecular flexibility index (Phi) is 9.09. The van der Waals surface area contributed by atoms with E-state index in [0.29, 0.717) is 26.1 Å². The lowest BCUT2D eigenvalue weighted by Gasteiger charge is -2.22. The average molecular weight is 421 g/mol. The Bertz CT molecular complexity index is 739. The van der Waals surface area contributed by atoms with Crippen molar-refractivity contribution in [1.29, 1.82) is 5.26 Å². The Morgan fingerprint density at radius 3 is 2.66 bits per heavy atom. The molecular formula is C20H28N4O4S. The quantitative estimate of drug-likeness (QED) is 0.442. The molecule has 1 saturated heterocycles. The molecule has 0 spiro atoms. The number of ether oxygens (including phenoxy) is 1. The second kappa shape index (κ2) is 11.5. The second-order valence-corrected chi connectivity index (χ2v) is 8.06. The topological polar surface area (TPSA) is 115 Å². The number of methoxy groups -OCH3 is 1. The fourth-order valence-electron chi connectivity index (χ4n) is 3.18. The fourth-order valence-corrected chi connectivity index (χ4v) is 4.76. The molecule has 158 valence electrons. The number of thioether (sulfide) groups is 1. The minimum atomic E-state index is -1.14. The molecule has 0 aliphatic carbocycles. The van der Waals surface area contributed by atoms with Crippen molar-refractivity contribution in [3.8, 4) is 6.07 Å². The number of carboxylic acids is 1. The molecule has 3 unspecified atom stereocenters. The summed E-state index contributed by atoms with van der Waals surface area (Å²) in [5.41, 5.74) is 1.95. The van der Waals surface area contributed by atoms with Gasteiger partial charge in [-0.05, 0) is 31.5 Å². The van der Waals surface area contributed by atoms with Crippen LogP contribution in [0.3, 0.4) is 0 Å². The number of aliphatic carboxylic acids is 1. The van der Waals surface area contributed by atoms with Gasteiger partial charge >= 0.3 is 5.97 Å². The van der Waals surface area contributed by atoms with Crippen molar-refractivity contribution in [2.24, 2.45) is 5.92 Å². The lowest BCUT2D eigenvalue weighted by atomic mass is 10.1. The van der Waals surface area contributed by atoms with Crippen LogP contribution in [0.2, 0.25) is 0 Å². The highest BCUT2D eigenvalue weighted by molar-refractivity contribution is 8.01. The zero-order chi connectivity index (χ0) is 21.2. The lowest BCUT2D eigenvalue weighted by molar-refractivity contribution is -0.141. The summed E-state index contributed by atoms with van der Waals surface area (Å²) in [6.07, 6.45) is 0.775. The zero-order valence-corrected chi connectivity index (χ0v) is 17.6. The minimum Gasteiger partial charge on any atom is -0.480 e. The maximum atomic E-state index is 12.7. The van der Waals surface area contributed by atoms with Crippen LogP contribution in [-0.2, 0) is 14.3 Å². The maximum Gasteiger partial charge on any atom is 0.321 e. The minimum absolute atomic E-state index is 0.0151. The Balaban J connectivity index is 1.87. The molecule has 1 aromatic rings. The van der Waals surface area contributed by atoms with E-state index in [-0.39, 0.29) is 23.0 Å². The Morgan fingerprint density at radius 2 is 2.07 bits per heavy atom. The second-order valence-electron chi connectivity index (χ2n) is 6.68. The number of anilines is 2. The number of rotatable bonds is 12. The van der Waals surface area contributed by atoms with Crippen molar-refractivity contribution < 1.29 is 19.4 Å². The Labute approximate surface area is 175 Å². The highest BCUT2D eigenvalue weighted by atomic mass is 32.2. The van der Waals surface area contributed by atoms with E-state index in [2.05, 4.69) is 10.6 Å². The van der Waals surface area contributed by atoms with Crippen LogP contribution in [0, 0.1) is 17.2 Å². The number of benzene rings is 1. The SMILES string of the molecule is CCN1C(=O)C(CCNc2cccc(NCCOC)c2)SC1CC(C#N)C(=O)O. The van der Waals surface area contributed by atoms with Crippen LogP contribution < -0.4 is 10.6 Å². The monoisotopic (exact) mass is 420 g/mol. The molecule has 8 nitrogen and oxygen atoms in total. The van der Waals surface area contributed by atoms with Crippen molar-refractivity contribution in [2.75, 3.05) is 44.0 Å². The predicted octanol–water partition coefficient (Wildman–Crippen LogP) is 2.45. The molecule has 1 aromatic carbocycles. The van der Waals surface area contributed by atoms with Crippen LogP contribution in [0.1, 0.15) is 19.8 Å². The van der Waals surface area contributed by atoms with Gasteiger partial charge in [0.25, 0.3) is 0 Å². The van der Waals surface area contributed by atoms with Gasteiger partial charge in [0.15, 0.2) is 0 Å². The summed E-state index contributed by atoms with van der Waals surface area (Å²) in [5, 5.41) is 24.3. The molecule has 0 aromatic heterocycles. The third-order valence-electron chi connectivity index (χ3n) is 4.69. The van der Waals surface area contributed by atoms with E-state index in [0.717, 1.165) is 17.9 Å². The van der Waals surface area contributed by atoms with E-state index in [1.54, 1.807) is 12.0 Å². The van der Waals surface area contributed by atoms with E-state index < -0.39 is 11.9 Å². The van der Waals surface area contributed by atoms with Crippen molar-refractivity contribution in [3.63, 3.8) is 0 Å². The van der Waals surface area contributed by atoms with E-state index in [4.69, 9.17) is 15.1 Å². The average Bonchev–Trinajstić information content (AvgIpc) is 3.01. The van der Waals surface area contributed by atoms with Crippen LogP contribution in [0.25, 0.3) is 0 Å². The van der Waals surface area contributed by atoms with Crippen molar-refractivity contribution in [3.05, 3.63) is 24.3 Å². The number of hydrogen-bond donors (Lipinski definition) is 3. The van der Waals surface area contributed by atoms with E-state index in [1.165, 1.54) is 11.8 Å². The summed E-state index contributed by atoms with van der Waals surface area (Å²) in [4.78, 5) is 25.5. The third-order valence-corrected chi connectivity index (χ3v) is 6.22. The summed E-state index contributed by atoms with van der Waals surface area (Å²) in [6.45, 7) is 4.35. The first kappa shape index (κ1) is 22.8. The molecule has 1 heterocycles. The number of nitriles is 1. The highest BCUT2D eigenvalue weighted by Gasteiger charge is 2.40. The number of carboxylic acid groups (broad SMARTS) is 1. The molecule has 0 bridgehead atoms. The molecular weight excluding hydrogens is 392 g/mol. The van der Waals surface area contributed by atoms with Gasteiger partial charge in [-0.1, -0.05) is 6.07 Å².